The summed E-state index contributed by atoms with van der Waals surface area (Å²) in [5.41, 5.74) is -12.6. The molecule has 0 N–H and O–H groups in total. The monoisotopic (exact) mass is 643 g/mol. The van der Waals surface area contributed by atoms with E-state index in [0.29, 0.717) is 0 Å². The third-order valence-corrected chi connectivity index (χ3v) is 6.51. The Morgan fingerprint density at radius 2 is 0.442 bits per heavy atom. The van der Waals surface area contributed by atoms with Crippen molar-refractivity contribution in [1.82, 2.24) is 0 Å². The maximum atomic E-state index is 15.3. The second-order valence-corrected chi connectivity index (χ2v) is 8.60. The Hall–Kier alpha value is -4.32. The largest absolute Gasteiger partial charge is 0.210 e. The van der Waals surface area contributed by atoms with Gasteiger partial charge in [-0.25, -0.2) is 79.0 Å². The van der Waals surface area contributed by atoms with E-state index in [1.807, 2.05) is 0 Å². The van der Waals surface area contributed by atoms with Crippen LogP contribution in [0.4, 0.5) is 79.0 Å². The topological polar surface area (TPSA) is 0 Å². The van der Waals surface area contributed by atoms with Gasteiger partial charge in [0.1, 0.15) is 46.9 Å². The molecule has 228 valence electrons. The van der Waals surface area contributed by atoms with E-state index in [-0.39, 0.29) is 0 Å². The van der Waals surface area contributed by atoms with Crippen molar-refractivity contribution in [2.24, 2.45) is 0 Å². The van der Waals surface area contributed by atoms with Gasteiger partial charge in [0.15, 0.2) is 52.4 Å². The molecule has 0 atom stereocenters. The first-order valence-corrected chi connectivity index (χ1v) is 10.7. The second kappa shape index (κ2) is 10.4. The molecule has 0 aliphatic heterocycles. The quantitative estimate of drug-likeness (QED) is 0.118. The molecule has 19 heteroatoms. The summed E-state index contributed by atoms with van der Waals surface area (Å²) in [4.78, 5) is 0. The van der Waals surface area contributed by atoms with Crippen molar-refractivity contribution in [3.63, 3.8) is 0 Å². The minimum absolute atomic E-state index is 0.654. The minimum Gasteiger partial charge on any atom is -0.210 e. The zero-order valence-electron chi connectivity index (χ0n) is 19.5. The lowest BCUT2D eigenvalue weighted by Gasteiger charge is -2.44. The van der Waals surface area contributed by atoms with Crippen LogP contribution in [-0.4, -0.2) is 6.15 Å². The SMILES string of the molecule is Fc1cc(F)c([B-](c2c(F)c(F)c(F)c(F)c2F)(c2c(F)c(F)c(F)c(F)c2F)c2c(F)c(F)c(F)c(F)c2F)c(F)c1. The van der Waals surface area contributed by atoms with Crippen LogP contribution in [0.5, 0.6) is 0 Å². The number of benzene rings is 4. The molecule has 0 amide bonds. The molecule has 43 heavy (non-hydrogen) atoms. The summed E-state index contributed by atoms with van der Waals surface area (Å²) in [6, 6.07) is -1.31. The van der Waals surface area contributed by atoms with Crippen LogP contribution in [0.1, 0.15) is 0 Å². The highest BCUT2D eigenvalue weighted by Crippen LogP contribution is 2.29. The van der Waals surface area contributed by atoms with Gasteiger partial charge in [0, 0.05) is 12.1 Å². The molecule has 0 unspecified atom stereocenters. The van der Waals surface area contributed by atoms with Crippen molar-refractivity contribution in [3.05, 3.63) is 117 Å². The van der Waals surface area contributed by atoms with E-state index in [9.17, 15) is 43.9 Å². The number of halogens is 18. The lowest BCUT2D eigenvalue weighted by molar-refractivity contribution is 0.379. The number of hydrogen-bond acceptors (Lipinski definition) is 0. The van der Waals surface area contributed by atoms with Crippen molar-refractivity contribution in [2.45, 2.75) is 0 Å². The fourth-order valence-electron chi connectivity index (χ4n) is 4.84. The van der Waals surface area contributed by atoms with Crippen LogP contribution in [-0.2, 0) is 0 Å². The third kappa shape index (κ3) is 4.14. The van der Waals surface area contributed by atoms with Gasteiger partial charge in [-0.1, -0.05) is 0 Å². The summed E-state index contributed by atoms with van der Waals surface area (Å²) in [6.07, 6.45) is -6.70. The average molecular weight is 643 g/mol. The zero-order chi connectivity index (χ0) is 32.6. The molecule has 0 nitrogen and oxygen atoms in total. The Bertz CT molecular complexity index is 1590. The predicted molar refractivity (Wildman–Crippen MR) is 109 cm³/mol. The van der Waals surface area contributed by atoms with E-state index >= 15 is 35.1 Å². The molecule has 0 radical (unpaired) electrons. The third-order valence-electron chi connectivity index (χ3n) is 6.51. The summed E-state index contributed by atoms with van der Waals surface area (Å²) in [6.45, 7) is 0. The summed E-state index contributed by atoms with van der Waals surface area (Å²) >= 11 is 0. The zero-order valence-corrected chi connectivity index (χ0v) is 19.5. The maximum absolute atomic E-state index is 15.3. The Morgan fingerprint density at radius 3 is 0.651 bits per heavy atom. The summed E-state index contributed by atoms with van der Waals surface area (Å²) in [5, 5.41) is 0. The Morgan fingerprint density at radius 1 is 0.256 bits per heavy atom. The van der Waals surface area contributed by atoms with Gasteiger partial charge in [-0.2, -0.15) is 0 Å². The van der Waals surface area contributed by atoms with Gasteiger partial charge in [-0.05, 0) is 0 Å². The molecule has 4 aromatic carbocycles. The lowest BCUT2D eigenvalue weighted by atomic mass is 9.12. The van der Waals surface area contributed by atoms with Crippen molar-refractivity contribution in [2.75, 3.05) is 0 Å². The summed E-state index contributed by atoms with van der Waals surface area (Å²) in [5.74, 6) is -58.4. The molecule has 0 aliphatic carbocycles. The molecule has 0 aromatic heterocycles. The fraction of sp³-hybridized carbons (Fsp3) is 0. The van der Waals surface area contributed by atoms with Crippen LogP contribution in [0, 0.1) is 105 Å². The standard InChI is InChI=1S/C24H2BF18/c26-3-1-4(27)6(5(28)2-3)25(7-10(29)16(35)22(41)17(36)11(7)30,8-12(31)18(37)23(42)19(38)13(8)32)9-14(33)20(39)24(43)21(40)15(9)34/h1-2H/q-1. The van der Waals surface area contributed by atoms with Gasteiger partial charge in [-0.15, -0.1) is 21.9 Å². The fourth-order valence-corrected chi connectivity index (χ4v) is 4.84. The second-order valence-electron chi connectivity index (χ2n) is 8.60. The van der Waals surface area contributed by atoms with Gasteiger partial charge in [0.25, 0.3) is 0 Å². The maximum Gasteiger partial charge on any atom is 0.200 e. The molecule has 4 rings (SSSR count). The van der Waals surface area contributed by atoms with Crippen LogP contribution in [0.2, 0.25) is 0 Å². The highest BCUT2D eigenvalue weighted by Gasteiger charge is 2.51. The highest BCUT2D eigenvalue weighted by molar-refractivity contribution is 7.20. The Labute approximate surface area is 224 Å². The number of hydrogen-bond donors (Lipinski definition) is 0. The van der Waals surface area contributed by atoms with E-state index in [4.69, 9.17) is 0 Å². The molecule has 0 heterocycles. The lowest BCUT2D eigenvalue weighted by Crippen LogP contribution is -2.81. The van der Waals surface area contributed by atoms with Gasteiger partial charge in [0.05, 0.1) is 11.6 Å². The van der Waals surface area contributed by atoms with Crippen LogP contribution < -0.4 is 21.9 Å². The van der Waals surface area contributed by atoms with E-state index in [0.717, 1.165) is 0 Å². The van der Waals surface area contributed by atoms with Crippen LogP contribution in [0.15, 0.2) is 12.1 Å². The molecule has 0 fully saturated rings. The first-order chi connectivity index (χ1) is 19.8. The van der Waals surface area contributed by atoms with Crippen molar-refractivity contribution >= 4 is 28.0 Å². The van der Waals surface area contributed by atoms with E-state index in [2.05, 4.69) is 0 Å². The Kier molecular flexibility index (Phi) is 7.68. The molecular formula is C24H2BF18-. The van der Waals surface area contributed by atoms with Crippen LogP contribution >= 0.6 is 0 Å². The average Bonchev–Trinajstić information content (AvgIpc) is 2.94. The molecule has 0 saturated heterocycles. The first-order valence-electron chi connectivity index (χ1n) is 10.7. The van der Waals surface area contributed by atoms with Crippen LogP contribution in [0.3, 0.4) is 0 Å². The first kappa shape index (κ1) is 31.6. The molecule has 0 bridgehead atoms. The highest BCUT2D eigenvalue weighted by atomic mass is 19.2. The smallest absolute Gasteiger partial charge is 0.200 e. The van der Waals surface area contributed by atoms with Crippen molar-refractivity contribution in [3.8, 4) is 0 Å². The van der Waals surface area contributed by atoms with E-state index in [1.165, 1.54) is 0 Å². The van der Waals surface area contributed by atoms with E-state index < -0.39 is 145 Å². The van der Waals surface area contributed by atoms with Crippen LogP contribution in [0.25, 0.3) is 0 Å². The van der Waals surface area contributed by atoms with E-state index in [1.54, 1.807) is 0 Å². The van der Waals surface area contributed by atoms with Gasteiger partial charge < -0.3 is 0 Å². The molecule has 0 spiro atoms. The predicted octanol–water partition coefficient (Wildman–Crippen LogP) is 5.57. The molecule has 4 aromatic rings. The minimum atomic E-state index is -6.70. The van der Waals surface area contributed by atoms with Crippen molar-refractivity contribution in [1.29, 1.82) is 0 Å². The summed E-state index contributed by atoms with van der Waals surface area (Å²) in [7, 11) is 0. The molecular weight excluding hydrogens is 641 g/mol. The molecule has 0 aliphatic rings. The van der Waals surface area contributed by atoms with Gasteiger partial charge in [-0.3, -0.25) is 0 Å². The van der Waals surface area contributed by atoms with Gasteiger partial charge >= 0.3 is 0 Å². The molecule has 0 saturated carbocycles. The summed E-state index contributed by atoms with van der Waals surface area (Å²) < 4.78 is 265. The number of rotatable bonds is 4. The van der Waals surface area contributed by atoms with Gasteiger partial charge in [0.2, 0.25) is 0 Å². The van der Waals surface area contributed by atoms with Crippen molar-refractivity contribution < 1.29 is 79.0 Å². The normalized spacial score (nSPS) is 12.0. The Balaban J connectivity index is 2.64.